The monoisotopic (exact) mass is 504 g/mol. The van der Waals surface area contributed by atoms with Gasteiger partial charge in [0.1, 0.15) is 4.88 Å². The van der Waals surface area contributed by atoms with Crippen molar-refractivity contribution in [3.8, 4) is 0 Å². The largest absolute Gasteiger partial charge is 0.477 e. The molecular weight excluding hydrogens is 484 g/mol. The molecule has 2 aromatic rings. The lowest BCUT2D eigenvalue weighted by Crippen LogP contribution is -2.17. The molecule has 0 radical (unpaired) electrons. The van der Waals surface area contributed by atoms with Crippen LogP contribution in [0.1, 0.15) is 47.0 Å². The van der Waals surface area contributed by atoms with Gasteiger partial charge in [-0.3, -0.25) is 14.4 Å². The summed E-state index contributed by atoms with van der Waals surface area (Å²) in [7, 11) is 0. The van der Waals surface area contributed by atoms with E-state index in [1.807, 2.05) is 0 Å². The number of ketones is 1. The smallest absolute Gasteiger partial charge is 0.347 e. The topological polar surface area (TPSA) is 138 Å². The molecule has 0 spiro atoms. The fraction of sp³-hybridized carbons (Fsp3) is 0.412. The van der Waals surface area contributed by atoms with E-state index in [1.165, 1.54) is 23.7 Å². The maximum Gasteiger partial charge on any atom is 0.347 e. The number of nitrogens with zero attached hydrogens (tertiary/aromatic N) is 2. The van der Waals surface area contributed by atoms with Gasteiger partial charge in [-0.25, -0.2) is 14.8 Å². The molecule has 0 saturated heterocycles. The maximum atomic E-state index is 11.3. The van der Waals surface area contributed by atoms with Crippen molar-refractivity contribution < 1.29 is 24.3 Å². The van der Waals surface area contributed by atoms with Crippen LogP contribution in [0.15, 0.2) is 12.4 Å². The van der Waals surface area contributed by atoms with Gasteiger partial charge in [-0.1, -0.05) is 66.3 Å². The van der Waals surface area contributed by atoms with Crippen molar-refractivity contribution in [2.45, 2.75) is 27.7 Å². The fourth-order valence-corrected chi connectivity index (χ4v) is 3.36. The second-order valence-electron chi connectivity index (χ2n) is 6.21. The summed E-state index contributed by atoms with van der Waals surface area (Å²) < 4.78 is 0. The van der Waals surface area contributed by atoms with Gasteiger partial charge in [0.25, 0.3) is 0 Å². The molecule has 0 aliphatic heterocycles. The molecular formula is C17H21BrN4O5S2. The summed E-state index contributed by atoms with van der Waals surface area (Å²) in [6.07, 6.45) is 2.70. The Kier molecular flexibility index (Phi) is 10.1. The third kappa shape index (κ3) is 8.38. The number of rotatable bonds is 7. The molecule has 12 heteroatoms. The Morgan fingerprint density at radius 1 is 0.931 bits per heavy atom. The van der Waals surface area contributed by atoms with Gasteiger partial charge in [-0.15, -0.1) is 0 Å². The summed E-state index contributed by atoms with van der Waals surface area (Å²) in [5, 5.41) is 14.8. The number of hydrogen-bond acceptors (Lipinski definition) is 8. The highest BCUT2D eigenvalue weighted by atomic mass is 79.9. The standard InChI is InChI=1S/C9H11BrN2O2S.C8H10N2O3S/c1-5(2)8(14)12-9-11-4-7(15-9)6(13)3-10;1-4(2)6(11)10-8-9-3-5(14-8)7(12)13/h4-5H,3H2,1-2H3,(H,11,12,14);3-4H,1-2H3,(H,12,13)(H,9,10,11). The Labute approximate surface area is 184 Å². The van der Waals surface area contributed by atoms with E-state index in [2.05, 4.69) is 36.5 Å². The van der Waals surface area contributed by atoms with Crippen molar-refractivity contribution in [3.05, 3.63) is 22.1 Å². The van der Waals surface area contributed by atoms with Crippen LogP contribution in [0, 0.1) is 11.8 Å². The number of hydrogen-bond donors (Lipinski definition) is 3. The molecule has 158 valence electrons. The number of halogens is 1. The zero-order valence-corrected chi connectivity index (χ0v) is 19.4. The van der Waals surface area contributed by atoms with Crippen LogP contribution >= 0.6 is 38.6 Å². The SMILES string of the molecule is CC(C)C(=O)Nc1ncc(C(=O)CBr)s1.CC(C)C(=O)Nc1ncc(C(=O)O)s1. The Bertz CT molecular complexity index is 879. The van der Waals surface area contributed by atoms with Gasteiger partial charge in [-0.2, -0.15) is 0 Å². The summed E-state index contributed by atoms with van der Waals surface area (Å²) in [6.45, 7) is 7.10. The van der Waals surface area contributed by atoms with Crippen LogP contribution in [0.25, 0.3) is 0 Å². The molecule has 0 bridgehead atoms. The van der Waals surface area contributed by atoms with Gasteiger partial charge in [0.15, 0.2) is 16.0 Å². The molecule has 3 N–H and O–H groups in total. The lowest BCUT2D eigenvalue weighted by Gasteiger charge is -2.02. The van der Waals surface area contributed by atoms with Crippen molar-refractivity contribution in [2.75, 3.05) is 16.0 Å². The molecule has 2 aromatic heterocycles. The number of nitrogens with one attached hydrogen (secondary N) is 2. The number of carboxylic acid groups (broad SMARTS) is 1. The van der Waals surface area contributed by atoms with Crippen LogP contribution in [0.2, 0.25) is 0 Å². The molecule has 0 atom stereocenters. The molecule has 0 aliphatic rings. The van der Waals surface area contributed by atoms with E-state index in [4.69, 9.17) is 5.11 Å². The Balaban J connectivity index is 0.000000291. The van der Waals surface area contributed by atoms with Crippen LogP contribution in [0.4, 0.5) is 10.3 Å². The lowest BCUT2D eigenvalue weighted by molar-refractivity contribution is -0.119. The van der Waals surface area contributed by atoms with Crippen molar-refractivity contribution in [2.24, 2.45) is 11.8 Å². The minimum atomic E-state index is -1.03. The second kappa shape index (κ2) is 11.7. The number of carboxylic acids is 1. The van der Waals surface area contributed by atoms with Crippen LogP contribution in [-0.4, -0.2) is 44.0 Å². The molecule has 0 unspecified atom stereocenters. The number of Topliss-reactive ketones (excluding diaryl/α,β-unsaturated/α-hetero) is 1. The number of alkyl halides is 1. The minimum Gasteiger partial charge on any atom is -0.477 e. The first-order valence-corrected chi connectivity index (χ1v) is 11.2. The van der Waals surface area contributed by atoms with E-state index < -0.39 is 5.97 Å². The summed E-state index contributed by atoms with van der Waals surface area (Å²) in [6, 6.07) is 0. The predicted octanol–water partition coefficient (Wildman–Crippen LogP) is 3.75. The number of anilines is 2. The van der Waals surface area contributed by atoms with Crippen molar-refractivity contribution >= 4 is 72.4 Å². The van der Waals surface area contributed by atoms with Crippen LogP contribution in [0.5, 0.6) is 0 Å². The fourth-order valence-electron chi connectivity index (χ4n) is 1.46. The Morgan fingerprint density at radius 3 is 1.69 bits per heavy atom. The molecule has 29 heavy (non-hydrogen) atoms. The van der Waals surface area contributed by atoms with Crippen molar-refractivity contribution in [3.63, 3.8) is 0 Å². The zero-order chi connectivity index (χ0) is 22.1. The van der Waals surface area contributed by atoms with Crippen LogP contribution < -0.4 is 10.6 Å². The average molecular weight is 505 g/mol. The third-order valence-electron chi connectivity index (χ3n) is 3.13. The van der Waals surface area contributed by atoms with E-state index in [9.17, 15) is 19.2 Å². The molecule has 2 rings (SSSR count). The number of amides is 2. The van der Waals surface area contributed by atoms with Crippen molar-refractivity contribution in [1.82, 2.24) is 9.97 Å². The summed E-state index contributed by atoms with van der Waals surface area (Å²) in [5.74, 6) is -1.57. The van der Waals surface area contributed by atoms with E-state index in [-0.39, 0.29) is 39.6 Å². The number of aromatic nitrogens is 2. The van der Waals surface area contributed by atoms with Gasteiger partial charge in [0, 0.05) is 11.8 Å². The first-order valence-electron chi connectivity index (χ1n) is 8.41. The Morgan fingerprint density at radius 2 is 1.34 bits per heavy atom. The highest BCUT2D eigenvalue weighted by Crippen LogP contribution is 2.20. The minimum absolute atomic E-state index is 0.0301. The highest BCUT2D eigenvalue weighted by molar-refractivity contribution is 9.09. The normalized spacial score (nSPS) is 10.3. The number of thiazole rings is 2. The van der Waals surface area contributed by atoms with Crippen molar-refractivity contribution in [1.29, 1.82) is 0 Å². The first kappa shape index (κ1) is 24.9. The van der Waals surface area contributed by atoms with E-state index in [0.29, 0.717) is 15.1 Å². The summed E-state index contributed by atoms with van der Waals surface area (Å²) in [4.78, 5) is 52.7. The van der Waals surface area contributed by atoms with Gasteiger partial charge in [0.05, 0.1) is 22.6 Å². The quantitative estimate of drug-likeness (QED) is 0.385. The highest BCUT2D eigenvalue weighted by Gasteiger charge is 2.13. The molecule has 9 nitrogen and oxygen atoms in total. The number of carbonyl (C=O) groups is 4. The Hall–Kier alpha value is -2.18. The molecule has 0 fully saturated rings. The van der Waals surface area contributed by atoms with Gasteiger partial charge >= 0.3 is 5.97 Å². The molecule has 2 heterocycles. The van der Waals surface area contributed by atoms with E-state index in [1.54, 1.807) is 27.7 Å². The summed E-state index contributed by atoms with van der Waals surface area (Å²) in [5.41, 5.74) is 0. The first-order chi connectivity index (χ1) is 13.5. The van der Waals surface area contributed by atoms with Gasteiger partial charge in [-0.05, 0) is 0 Å². The number of carbonyl (C=O) groups excluding carboxylic acids is 3. The molecule has 0 saturated carbocycles. The third-order valence-corrected chi connectivity index (χ3v) is 5.49. The predicted molar refractivity (Wildman–Crippen MR) is 116 cm³/mol. The molecule has 0 aromatic carbocycles. The van der Waals surface area contributed by atoms with Crippen LogP contribution in [0.3, 0.4) is 0 Å². The van der Waals surface area contributed by atoms with Crippen LogP contribution in [-0.2, 0) is 9.59 Å². The lowest BCUT2D eigenvalue weighted by atomic mass is 10.2. The summed E-state index contributed by atoms with van der Waals surface area (Å²) >= 11 is 5.21. The number of aromatic carboxylic acids is 1. The second-order valence-corrected chi connectivity index (χ2v) is 8.83. The molecule has 0 aliphatic carbocycles. The van der Waals surface area contributed by atoms with E-state index in [0.717, 1.165) is 11.3 Å². The zero-order valence-electron chi connectivity index (χ0n) is 16.2. The average Bonchev–Trinajstić information content (AvgIpc) is 3.31. The maximum absolute atomic E-state index is 11.3. The molecule has 2 amide bonds. The van der Waals surface area contributed by atoms with Gasteiger partial charge in [0.2, 0.25) is 11.8 Å². The van der Waals surface area contributed by atoms with Gasteiger partial charge < -0.3 is 15.7 Å². The van der Waals surface area contributed by atoms with E-state index >= 15 is 0 Å².